The van der Waals surface area contributed by atoms with Crippen LogP contribution in [0.3, 0.4) is 0 Å². The van der Waals surface area contributed by atoms with Gasteiger partial charge < -0.3 is 14.9 Å². The van der Waals surface area contributed by atoms with Crippen molar-refractivity contribution < 1.29 is 28.1 Å². The molecule has 2 aromatic heterocycles. The first-order valence-electron chi connectivity index (χ1n) is 8.27. The van der Waals surface area contributed by atoms with Gasteiger partial charge in [-0.2, -0.15) is 18.3 Å². The van der Waals surface area contributed by atoms with Crippen LogP contribution in [-0.2, 0) is 10.9 Å². The van der Waals surface area contributed by atoms with Gasteiger partial charge in [0.2, 0.25) is 0 Å². The van der Waals surface area contributed by atoms with Gasteiger partial charge in [-0.3, -0.25) is 4.68 Å². The molecule has 1 fully saturated rings. The maximum absolute atomic E-state index is 12.9. The van der Waals surface area contributed by atoms with Gasteiger partial charge in [0, 0.05) is 17.1 Å². The summed E-state index contributed by atoms with van der Waals surface area (Å²) in [6.45, 7) is 2.06. The molecule has 142 valence electrons. The Morgan fingerprint density at radius 3 is 2.63 bits per heavy atom. The van der Waals surface area contributed by atoms with Crippen LogP contribution < -0.4 is 0 Å². The lowest BCUT2D eigenvalue weighted by molar-refractivity contribution is -0.137. The summed E-state index contributed by atoms with van der Waals surface area (Å²) >= 11 is 0. The summed E-state index contributed by atoms with van der Waals surface area (Å²) in [5, 5.41) is 25.2. The highest BCUT2D eigenvalue weighted by Gasteiger charge is 2.32. The molecule has 2 N–H and O–H groups in total. The number of aromatic hydroxyl groups is 1. The number of fused-ring (bicyclic) bond motifs is 1. The molecule has 0 radical (unpaired) electrons. The van der Waals surface area contributed by atoms with E-state index < -0.39 is 23.6 Å². The largest absolute Gasteiger partial charge is 0.507 e. The molecule has 0 saturated carbocycles. The summed E-state index contributed by atoms with van der Waals surface area (Å²) in [6.07, 6.45) is -3.48. The summed E-state index contributed by atoms with van der Waals surface area (Å²) in [6, 6.07) is 4.69. The Morgan fingerprint density at radius 2 is 2.00 bits per heavy atom. The molecule has 1 saturated heterocycles. The van der Waals surface area contributed by atoms with Gasteiger partial charge >= 0.3 is 6.18 Å². The van der Waals surface area contributed by atoms with Gasteiger partial charge in [0.15, 0.2) is 5.65 Å². The standard InChI is InChI=1S/C18H16F3N3O3/c1-9-4-11(18(19,20)21)5-14(25)16(9)12-3-2-10-6-24(23-17(10)22-12)13-7-27-8-15(13)26/h2-6,13,15,25-26H,7-8H2,1H3/t13-,15+/m1/s1. The van der Waals surface area contributed by atoms with Crippen molar-refractivity contribution in [2.45, 2.75) is 25.2 Å². The molecule has 0 aliphatic carbocycles. The fourth-order valence-electron chi connectivity index (χ4n) is 3.28. The number of hydrogen-bond donors (Lipinski definition) is 2. The summed E-state index contributed by atoms with van der Waals surface area (Å²) in [7, 11) is 0. The predicted molar refractivity (Wildman–Crippen MR) is 90.2 cm³/mol. The van der Waals surface area contributed by atoms with Crippen LogP contribution in [0.15, 0.2) is 30.5 Å². The third kappa shape index (κ3) is 3.13. The van der Waals surface area contributed by atoms with E-state index in [1.807, 2.05) is 0 Å². The Balaban J connectivity index is 1.76. The number of benzene rings is 1. The number of hydrogen-bond acceptors (Lipinski definition) is 5. The summed E-state index contributed by atoms with van der Waals surface area (Å²) < 4.78 is 45.5. The van der Waals surface area contributed by atoms with E-state index in [-0.39, 0.29) is 23.8 Å². The quantitative estimate of drug-likeness (QED) is 0.715. The van der Waals surface area contributed by atoms with Crippen LogP contribution in [0.2, 0.25) is 0 Å². The van der Waals surface area contributed by atoms with E-state index >= 15 is 0 Å². The molecule has 0 unspecified atom stereocenters. The first kappa shape index (κ1) is 17.7. The Labute approximate surface area is 151 Å². The number of aliphatic hydroxyl groups is 1. The van der Waals surface area contributed by atoms with Crippen molar-refractivity contribution in [2.24, 2.45) is 0 Å². The van der Waals surface area contributed by atoms with Crippen molar-refractivity contribution in [2.75, 3.05) is 13.2 Å². The molecule has 4 rings (SSSR count). The first-order valence-corrected chi connectivity index (χ1v) is 8.27. The Kier molecular flexibility index (Phi) is 4.08. The van der Waals surface area contributed by atoms with Crippen molar-refractivity contribution in [3.63, 3.8) is 0 Å². The van der Waals surface area contributed by atoms with Gasteiger partial charge in [0.05, 0.1) is 24.5 Å². The van der Waals surface area contributed by atoms with Crippen LogP contribution in [0.4, 0.5) is 13.2 Å². The van der Waals surface area contributed by atoms with E-state index in [2.05, 4.69) is 10.1 Å². The SMILES string of the molecule is Cc1cc(C(F)(F)F)cc(O)c1-c1ccc2cn([C@@H]3COC[C@@H]3O)nc2n1. The fraction of sp³-hybridized carbons (Fsp3) is 0.333. The second-order valence-corrected chi connectivity index (χ2v) is 6.58. The number of phenolic OH excluding ortho intramolecular Hbond substituents is 1. The van der Waals surface area contributed by atoms with E-state index in [0.29, 0.717) is 29.4 Å². The van der Waals surface area contributed by atoms with Crippen molar-refractivity contribution in [3.05, 3.63) is 41.6 Å². The Morgan fingerprint density at radius 1 is 1.22 bits per heavy atom. The first-order chi connectivity index (χ1) is 12.7. The topological polar surface area (TPSA) is 80.4 Å². The molecule has 2 atom stereocenters. The minimum Gasteiger partial charge on any atom is -0.507 e. The number of alkyl halides is 3. The van der Waals surface area contributed by atoms with Crippen LogP contribution in [0.25, 0.3) is 22.3 Å². The Bertz CT molecular complexity index is 993. The van der Waals surface area contributed by atoms with Crippen molar-refractivity contribution in [3.8, 4) is 17.0 Å². The maximum Gasteiger partial charge on any atom is 0.416 e. The number of nitrogens with zero attached hydrogens (tertiary/aromatic N) is 3. The van der Waals surface area contributed by atoms with Crippen molar-refractivity contribution >= 4 is 11.0 Å². The van der Waals surface area contributed by atoms with Crippen LogP contribution in [0.5, 0.6) is 5.75 Å². The number of rotatable bonds is 2. The van der Waals surface area contributed by atoms with Crippen molar-refractivity contribution in [1.82, 2.24) is 14.8 Å². The average Bonchev–Trinajstić information content (AvgIpc) is 3.18. The number of pyridine rings is 1. The highest BCUT2D eigenvalue weighted by molar-refractivity contribution is 5.80. The molecule has 1 aromatic carbocycles. The number of halogens is 3. The third-order valence-electron chi connectivity index (χ3n) is 4.65. The number of aliphatic hydroxyl groups excluding tert-OH is 1. The van der Waals surface area contributed by atoms with Crippen LogP contribution >= 0.6 is 0 Å². The zero-order valence-electron chi connectivity index (χ0n) is 14.2. The molecule has 1 aliphatic rings. The monoisotopic (exact) mass is 379 g/mol. The maximum atomic E-state index is 12.9. The Hall–Kier alpha value is -2.65. The van der Waals surface area contributed by atoms with E-state index in [9.17, 15) is 23.4 Å². The van der Waals surface area contributed by atoms with Gasteiger partial charge in [0.1, 0.15) is 17.9 Å². The summed E-state index contributed by atoms with van der Waals surface area (Å²) in [4.78, 5) is 4.38. The lowest BCUT2D eigenvalue weighted by Gasteiger charge is -2.13. The smallest absolute Gasteiger partial charge is 0.416 e. The van der Waals surface area contributed by atoms with Crippen LogP contribution in [0, 0.1) is 6.92 Å². The number of ether oxygens (including phenoxy) is 1. The van der Waals surface area contributed by atoms with Crippen molar-refractivity contribution in [1.29, 1.82) is 0 Å². The molecule has 0 spiro atoms. The summed E-state index contributed by atoms with van der Waals surface area (Å²) in [5.74, 6) is -0.492. The van der Waals surface area contributed by atoms with Crippen LogP contribution in [0.1, 0.15) is 17.2 Å². The van der Waals surface area contributed by atoms with Gasteiger partial charge in [-0.1, -0.05) is 0 Å². The normalized spacial score (nSPS) is 20.5. The molecule has 3 aromatic rings. The van der Waals surface area contributed by atoms with E-state index in [1.54, 1.807) is 23.0 Å². The molecule has 1 aliphatic heterocycles. The number of aryl methyl sites for hydroxylation is 1. The summed E-state index contributed by atoms with van der Waals surface area (Å²) in [5.41, 5.74) is 0.253. The zero-order chi connectivity index (χ0) is 19.3. The van der Waals surface area contributed by atoms with Crippen LogP contribution in [-0.4, -0.2) is 44.3 Å². The molecule has 27 heavy (non-hydrogen) atoms. The van der Waals surface area contributed by atoms with E-state index in [4.69, 9.17) is 4.74 Å². The molecule has 6 nitrogen and oxygen atoms in total. The molecule has 0 bridgehead atoms. The van der Waals surface area contributed by atoms with E-state index in [1.165, 1.54) is 6.92 Å². The molecule has 9 heteroatoms. The van der Waals surface area contributed by atoms with E-state index in [0.717, 1.165) is 6.07 Å². The van der Waals surface area contributed by atoms with Gasteiger partial charge in [-0.05, 0) is 36.8 Å². The second-order valence-electron chi connectivity index (χ2n) is 6.58. The highest BCUT2D eigenvalue weighted by atomic mass is 19.4. The third-order valence-corrected chi connectivity index (χ3v) is 4.65. The lowest BCUT2D eigenvalue weighted by Crippen LogP contribution is -2.22. The molecular weight excluding hydrogens is 363 g/mol. The second kappa shape index (κ2) is 6.21. The zero-order valence-corrected chi connectivity index (χ0v) is 14.2. The van der Waals surface area contributed by atoms with Gasteiger partial charge in [0.25, 0.3) is 0 Å². The number of phenols is 1. The molecular formula is C18H16F3N3O3. The van der Waals surface area contributed by atoms with Gasteiger partial charge in [-0.25, -0.2) is 4.98 Å². The highest BCUT2D eigenvalue weighted by Crippen LogP contribution is 2.38. The predicted octanol–water partition coefficient (Wildman–Crippen LogP) is 3.06. The molecule has 0 amide bonds. The minimum atomic E-state index is -4.54. The average molecular weight is 379 g/mol. The molecule has 3 heterocycles. The number of aromatic nitrogens is 3. The van der Waals surface area contributed by atoms with Gasteiger partial charge in [-0.15, -0.1) is 0 Å². The minimum absolute atomic E-state index is 0.226. The lowest BCUT2D eigenvalue weighted by atomic mass is 10.00. The fourth-order valence-corrected chi connectivity index (χ4v) is 3.28.